The van der Waals surface area contributed by atoms with E-state index in [4.69, 9.17) is 4.74 Å². The van der Waals surface area contributed by atoms with E-state index in [1.165, 1.54) is 23.5 Å². The van der Waals surface area contributed by atoms with E-state index in [0.29, 0.717) is 23.0 Å². The lowest BCUT2D eigenvalue weighted by atomic mass is 9.87. The van der Waals surface area contributed by atoms with Gasteiger partial charge in [0.15, 0.2) is 0 Å². The molecule has 0 saturated heterocycles. The van der Waals surface area contributed by atoms with E-state index < -0.39 is 0 Å². The minimum atomic E-state index is -0.303. The monoisotopic (exact) mass is 541 g/mol. The van der Waals surface area contributed by atoms with Gasteiger partial charge in [0.1, 0.15) is 28.9 Å². The second kappa shape index (κ2) is 10.6. The van der Waals surface area contributed by atoms with Crippen molar-refractivity contribution in [1.82, 2.24) is 9.88 Å². The van der Waals surface area contributed by atoms with E-state index in [1.54, 1.807) is 17.5 Å². The lowest BCUT2D eigenvalue weighted by molar-refractivity contribution is -0.134. The van der Waals surface area contributed by atoms with Gasteiger partial charge in [-0.25, -0.2) is 9.37 Å². The number of benzene rings is 3. The number of anilines is 1. The lowest BCUT2D eigenvalue weighted by Gasteiger charge is -2.38. The first kappa shape index (κ1) is 25.2. The number of thiazole rings is 1. The normalized spacial score (nSPS) is 16.5. The highest BCUT2D eigenvalue weighted by atomic mass is 32.1. The maximum Gasteiger partial charge on any atom is 0.275 e. The van der Waals surface area contributed by atoms with Gasteiger partial charge in [0, 0.05) is 23.5 Å². The number of nitrogens with zero attached hydrogens (tertiary/aromatic N) is 2. The maximum atomic E-state index is 13.7. The summed E-state index contributed by atoms with van der Waals surface area (Å²) in [6.45, 7) is 2.85. The second-order valence-corrected chi connectivity index (χ2v) is 11.0. The molecule has 1 fully saturated rings. The van der Waals surface area contributed by atoms with E-state index in [-0.39, 0.29) is 36.2 Å². The Hall–Kier alpha value is -4.04. The minimum absolute atomic E-state index is 0.0937. The summed E-state index contributed by atoms with van der Waals surface area (Å²) in [4.78, 5) is 32.2. The van der Waals surface area contributed by atoms with Crippen molar-refractivity contribution in [2.75, 3.05) is 11.9 Å². The number of carbonyl (C=O) groups is 2. The fourth-order valence-electron chi connectivity index (χ4n) is 4.95. The van der Waals surface area contributed by atoms with Gasteiger partial charge in [0.25, 0.3) is 5.91 Å². The average molecular weight is 542 g/mol. The van der Waals surface area contributed by atoms with E-state index in [1.807, 2.05) is 54.3 Å². The van der Waals surface area contributed by atoms with E-state index >= 15 is 0 Å². The predicted octanol–water partition coefficient (Wildman–Crippen LogP) is 6.31. The molecule has 2 heterocycles. The molecule has 1 atom stereocenters. The first-order valence-corrected chi connectivity index (χ1v) is 14.0. The molecule has 2 aliphatic rings. The summed E-state index contributed by atoms with van der Waals surface area (Å²) in [6, 6.07) is 19.7. The SMILES string of the molecule is Cc1ccc(NC(=O)c2csc(COc3ccc4c(c3)C(c3ccc(F)cc3)N(C(=O)C3CC3)CC4)n2)cc1. The molecular formula is C31H28FN3O3S. The Morgan fingerprint density at radius 3 is 2.59 bits per heavy atom. The number of halogens is 1. The fraction of sp³-hybridized carbons (Fsp3) is 0.258. The van der Waals surface area contributed by atoms with Gasteiger partial charge in [-0.1, -0.05) is 35.9 Å². The van der Waals surface area contributed by atoms with Crippen molar-refractivity contribution < 1.29 is 18.7 Å². The van der Waals surface area contributed by atoms with Crippen molar-refractivity contribution in [3.05, 3.63) is 111 Å². The average Bonchev–Trinajstić information content (AvgIpc) is 3.69. The third-order valence-electron chi connectivity index (χ3n) is 7.20. The van der Waals surface area contributed by atoms with E-state index in [9.17, 15) is 14.0 Å². The van der Waals surface area contributed by atoms with E-state index in [2.05, 4.69) is 10.3 Å². The third-order valence-corrected chi connectivity index (χ3v) is 8.02. The van der Waals surface area contributed by atoms with Crippen LogP contribution in [0.3, 0.4) is 0 Å². The number of rotatable bonds is 7. The molecule has 0 radical (unpaired) electrons. The number of nitrogens with one attached hydrogen (secondary N) is 1. The Balaban J connectivity index is 1.19. The van der Waals surface area contributed by atoms with Crippen LogP contribution in [0.1, 0.15) is 56.6 Å². The lowest BCUT2D eigenvalue weighted by Crippen LogP contribution is -2.41. The van der Waals surface area contributed by atoms with Crippen LogP contribution in [-0.4, -0.2) is 28.2 Å². The highest BCUT2D eigenvalue weighted by Gasteiger charge is 2.39. The first-order valence-electron chi connectivity index (χ1n) is 13.1. The number of ether oxygens (including phenoxy) is 1. The zero-order valence-corrected chi connectivity index (χ0v) is 22.3. The molecule has 0 bridgehead atoms. The van der Waals surface area contributed by atoms with Crippen LogP contribution in [0.25, 0.3) is 0 Å². The van der Waals surface area contributed by atoms with Gasteiger partial charge in [-0.05, 0) is 79.3 Å². The van der Waals surface area contributed by atoms with Gasteiger partial charge in [0.05, 0.1) is 6.04 Å². The van der Waals surface area contributed by atoms with Gasteiger partial charge in [-0.2, -0.15) is 0 Å². The summed E-state index contributed by atoms with van der Waals surface area (Å²) in [5, 5.41) is 5.27. The molecule has 198 valence electrons. The molecule has 3 aromatic carbocycles. The molecule has 1 unspecified atom stereocenters. The first-order chi connectivity index (χ1) is 18.9. The van der Waals surface area contributed by atoms with E-state index in [0.717, 1.165) is 47.2 Å². The molecule has 1 saturated carbocycles. The number of hydrogen-bond acceptors (Lipinski definition) is 5. The van der Waals surface area contributed by atoms with Crippen LogP contribution in [0.15, 0.2) is 72.1 Å². The van der Waals surface area contributed by atoms with Crippen LogP contribution in [0.5, 0.6) is 5.75 Å². The summed E-state index contributed by atoms with van der Waals surface area (Å²) in [5.74, 6) is 0.346. The van der Waals surface area contributed by atoms with Crippen molar-refractivity contribution in [1.29, 1.82) is 0 Å². The number of amides is 2. The quantitative estimate of drug-likeness (QED) is 0.298. The molecule has 0 spiro atoms. The van der Waals surface area contributed by atoms with Crippen LogP contribution < -0.4 is 10.1 Å². The summed E-state index contributed by atoms with van der Waals surface area (Å²) in [7, 11) is 0. The Bertz CT molecular complexity index is 1510. The molecule has 6 nitrogen and oxygen atoms in total. The minimum Gasteiger partial charge on any atom is -0.486 e. The molecule has 2 amide bonds. The topological polar surface area (TPSA) is 71.5 Å². The smallest absolute Gasteiger partial charge is 0.275 e. The second-order valence-electron chi connectivity index (χ2n) is 10.1. The molecule has 39 heavy (non-hydrogen) atoms. The van der Waals surface area contributed by atoms with Crippen LogP contribution in [0, 0.1) is 18.7 Å². The van der Waals surface area contributed by atoms with Crippen molar-refractivity contribution in [3.8, 4) is 5.75 Å². The predicted molar refractivity (Wildman–Crippen MR) is 148 cm³/mol. The van der Waals surface area contributed by atoms with Crippen molar-refractivity contribution in [3.63, 3.8) is 0 Å². The molecule has 6 rings (SSSR count). The number of aryl methyl sites for hydroxylation is 1. The molecule has 8 heteroatoms. The number of hydrogen-bond donors (Lipinski definition) is 1. The largest absolute Gasteiger partial charge is 0.486 e. The zero-order valence-electron chi connectivity index (χ0n) is 21.5. The zero-order chi connectivity index (χ0) is 26.9. The number of aromatic nitrogens is 1. The third kappa shape index (κ3) is 5.56. The molecule has 1 aliphatic heterocycles. The van der Waals surface area contributed by atoms with Crippen LogP contribution in [-0.2, 0) is 17.8 Å². The molecule has 1 aliphatic carbocycles. The van der Waals surface area contributed by atoms with Crippen molar-refractivity contribution in [2.45, 2.75) is 38.8 Å². The summed E-state index contributed by atoms with van der Waals surface area (Å²) >= 11 is 1.37. The summed E-state index contributed by atoms with van der Waals surface area (Å²) in [5.41, 5.74) is 5.21. The highest BCUT2D eigenvalue weighted by Crippen LogP contribution is 2.41. The van der Waals surface area contributed by atoms with Crippen LogP contribution in [0.4, 0.5) is 10.1 Å². The fourth-order valence-corrected chi connectivity index (χ4v) is 5.63. The van der Waals surface area contributed by atoms with Gasteiger partial charge >= 0.3 is 0 Å². The Kier molecular flexibility index (Phi) is 6.87. The standard InChI is InChI=1S/C31H28FN3O3S/c1-19-2-11-24(12-3-19)33-30(36)27-18-39-28(34-27)17-38-25-13-8-20-14-15-35(31(37)22-4-5-22)29(26(20)16-25)21-6-9-23(32)10-7-21/h2-3,6-13,16,18,22,29H,4-5,14-15,17H2,1H3,(H,33,36). The summed E-state index contributed by atoms with van der Waals surface area (Å²) in [6.07, 6.45) is 2.62. The molecule has 1 N–H and O–H groups in total. The van der Waals surface area contributed by atoms with Gasteiger partial charge in [0.2, 0.25) is 5.91 Å². The number of fused-ring (bicyclic) bond motifs is 1. The Morgan fingerprint density at radius 2 is 1.85 bits per heavy atom. The van der Waals surface area contributed by atoms with Crippen LogP contribution in [0.2, 0.25) is 0 Å². The van der Waals surface area contributed by atoms with Gasteiger partial charge < -0.3 is 15.0 Å². The molecule has 4 aromatic rings. The van der Waals surface area contributed by atoms with Crippen molar-refractivity contribution in [2.24, 2.45) is 5.92 Å². The molecular weight excluding hydrogens is 513 g/mol. The summed E-state index contributed by atoms with van der Waals surface area (Å²) < 4.78 is 19.8. The van der Waals surface area contributed by atoms with Crippen molar-refractivity contribution >= 4 is 28.8 Å². The van der Waals surface area contributed by atoms with Crippen LogP contribution >= 0.6 is 11.3 Å². The molecule has 1 aromatic heterocycles. The Labute approximate surface area is 230 Å². The highest BCUT2D eigenvalue weighted by molar-refractivity contribution is 7.09. The maximum absolute atomic E-state index is 13.7. The Morgan fingerprint density at radius 1 is 1.08 bits per heavy atom. The van der Waals surface area contributed by atoms with Gasteiger partial charge in [-0.3, -0.25) is 9.59 Å². The number of carbonyl (C=O) groups excluding carboxylic acids is 2. The van der Waals surface area contributed by atoms with Gasteiger partial charge in [-0.15, -0.1) is 11.3 Å².